The molecule has 0 amide bonds. The number of piperazine rings is 1. The Labute approximate surface area is 110 Å². The molecule has 102 valence electrons. The van der Waals surface area contributed by atoms with Crippen LogP contribution in [0.4, 0.5) is 0 Å². The van der Waals surface area contributed by atoms with E-state index in [4.69, 9.17) is 0 Å². The van der Waals surface area contributed by atoms with Gasteiger partial charge in [0.25, 0.3) is 0 Å². The standard InChI is InChI=1S/C14H26N4/c1-12-10-15-13(14(2,3)4)11-17(12)8-9-18-7-5-6-16-18/h5-7,12-13,15H,8-11H2,1-4H3. The molecule has 1 aromatic rings. The molecule has 1 aromatic heterocycles. The molecule has 18 heavy (non-hydrogen) atoms. The molecule has 4 nitrogen and oxygen atoms in total. The molecule has 4 heteroatoms. The van der Waals surface area contributed by atoms with Gasteiger partial charge >= 0.3 is 0 Å². The lowest BCUT2D eigenvalue weighted by atomic mass is 9.85. The highest BCUT2D eigenvalue weighted by atomic mass is 15.3. The van der Waals surface area contributed by atoms with E-state index in [1.807, 2.05) is 23.1 Å². The molecule has 1 saturated heterocycles. The summed E-state index contributed by atoms with van der Waals surface area (Å²) < 4.78 is 2.01. The maximum absolute atomic E-state index is 4.27. The third kappa shape index (κ3) is 3.33. The Morgan fingerprint density at radius 2 is 2.11 bits per heavy atom. The molecule has 2 atom stereocenters. The molecule has 1 N–H and O–H groups in total. The lowest BCUT2D eigenvalue weighted by molar-refractivity contribution is 0.0897. The SMILES string of the molecule is CC1CNC(C(C)(C)C)CN1CCn1cccn1. The summed E-state index contributed by atoms with van der Waals surface area (Å²) in [5.41, 5.74) is 0.324. The molecule has 0 saturated carbocycles. The van der Waals surface area contributed by atoms with E-state index < -0.39 is 0 Å². The number of nitrogens with zero attached hydrogens (tertiary/aromatic N) is 3. The van der Waals surface area contributed by atoms with E-state index in [-0.39, 0.29) is 0 Å². The van der Waals surface area contributed by atoms with Crippen LogP contribution in [-0.2, 0) is 6.54 Å². The maximum Gasteiger partial charge on any atom is 0.0536 e. The highest BCUT2D eigenvalue weighted by molar-refractivity contribution is 4.90. The zero-order chi connectivity index (χ0) is 13.2. The number of hydrogen-bond acceptors (Lipinski definition) is 3. The molecule has 0 spiro atoms. The normalized spacial score (nSPS) is 26.4. The smallest absolute Gasteiger partial charge is 0.0536 e. The van der Waals surface area contributed by atoms with Crippen LogP contribution in [0.5, 0.6) is 0 Å². The fraction of sp³-hybridized carbons (Fsp3) is 0.786. The summed E-state index contributed by atoms with van der Waals surface area (Å²) in [4.78, 5) is 2.58. The van der Waals surface area contributed by atoms with Gasteiger partial charge in [-0.15, -0.1) is 0 Å². The van der Waals surface area contributed by atoms with Crippen molar-refractivity contribution in [2.75, 3.05) is 19.6 Å². The Morgan fingerprint density at radius 3 is 2.72 bits per heavy atom. The van der Waals surface area contributed by atoms with E-state index in [9.17, 15) is 0 Å². The van der Waals surface area contributed by atoms with Crippen molar-refractivity contribution in [3.63, 3.8) is 0 Å². The third-order valence-corrected chi connectivity index (χ3v) is 3.92. The van der Waals surface area contributed by atoms with E-state index in [1.54, 1.807) is 0 Å². The summed E-state index contributed by atoms with van der Waals surface area (Å²) in [7, 11) is 0. The fourth-order valence-corrected chi connectivity index (χ4v) is 2.48. The van der Waals surface area contributed by atoms with E-state index in [1.165, 1.54) is 0 Å². The van der Waals surface area contributed by atoms with Gasteiger partial charge in [-0.25, -0.2) is 0 Å². The minimum absolute atomic E-state index is 0.324. The second-order valence-electron chi connectivity index (χ2n) is 6.44. The summed E-state index contributed by atoms with van der Waals surface area (Å²) in [6, 6.07) is 3.17. The molecule has 0 aliphatic carbocycles. The van der Waals surface area contributed by atoms with E-state index in [0.29, 0.717) is 17.5 Å². The van der Waals surface area contributed by atoms with Crippen LogP contribution in [0, 0.1) is 5.41 Å². The van der Waals surface area contributed by atoms with Gasteiger partial charge in [0.1, 0.15) is 0 Å². The molecule has 2 rings (SSSR count). The first kappa shape index (κ1) is 13.6. The molecule has 1 aliphatic heterocycles. The minimum Gasteiger partial charge on any atom is -0.311 e. The predicted octanol–water partition coefficient (Wildman–Crippen LogP) is 1.59. The molecule has 0 radical (unpaired) electrons. The predicted molar refractivity (Wildman–Crippen MR) is 74.5 cm³/mol. The van der Waals surface area contributed by atoms with Gasteiger partial charge in [0.05, 0.1) is 6.54 Å². The fourth-order valence-electron chi connectivity index (χ4n) is 2.48. The average Bonchev–Trinajstić information content (AvgIpc) is 2.79. The van der Waals surface area contributed by atoms with Crippen LogP contribution < -0.4 is 5.32 Å². The van der Waals surface area contributed by atoms with Gasteiger partial charge < -0.3 is 5.32 Å². The van der Waals surface area contributed by atoms with E-state index >= 15 is 0 Å². The summed E-state index contributed by atoms with van der Waals surface area (Å²) in [5.74, 6) is 0. The van der Waals surface area contributed by atoms with Crippen LogP contribution in [0.2, 0.25) is 0 Å². The number of rotatable bonds is 3. The first-order chi connectivity index (χ1) is 8.47. The quantitative estimate of drug-likeness (QED) is 0.884. The molecular formula is C14H26N4. The van der Waals surface area contributed by atoms with Gasteiger partial charge in [0, 0.05) is 44.1 Å². The van der Waals surface area contributed by atoms with Crippen molar-refractivity contribution in [2.24, 2.45) is 5.41 Å². The Balaban J connectivity index is 1.89. The second-order valence-corrected chi connectivity index (χ2v) is 6.44. The minimum atomic E-state index is 0.324. The maximum atomic E-state index is 4.27. The Bertz CT molecular complexity index is 352. The van der Waals surface area contributed by atoms with Crippen molar-refractivity contribution in [3.8, 4) is 0 Å². The van der Waals surface area contributed by atoms with Gasteiger partial charge in [-0.1, -0.05) is 20.8 Å². The Hall–Kier alpha value is -0.870. The Kier molecular flexibility index (Phi) is 4.07. The zero-order valence-corrected chi connectivity index (χ0v) is 12.1. The van der Waals surface area contributed by atoms with Crippen LogP contribution >= 0.6 is 0 Å². The van der Waals surface area contributed by atoms with Gasteiger partial charge in [0.2, 0.25) is 0 Å². The highest BCUT2D eigenvalue weighted by Gasteiger charge is 2.31. The second kappa shape index (κ2) is 5.41. The topological polar surface area (TPSA) is 33.1 Å². The molecule has 2 unspecified atom stereocenters. The summed E-state index contributed by atoms with van der Waals surface area (Å²) in [6.07, 6.45) is 3.88. The van der Waals surface area contributed by atoms with Crippen LogP contribution in [0.1, 0.15) is 27.7 Å². The molecule has 1 aliphatic rings. The van der Waals surface area contributed by atoms with Crippen molar-refractivity contribution in [1.82, 2.24) is 20.0 Å². The van der Waals surface area contributed by atoms with Crippen molar-refractivity contribution in [2.45, 2.75) is 46.3 Å². The summed E-state index contributed by atoms with van der Waals surface area (Å²) in [6.45, 7) is 13.5. The van der Waals surface area contributed by atoms with Crippen LogP contribution in [0.15, 0.2) is 18.5 Å². The lowest BCUT2D eigenvalue weighted by Crippen LogP contribution is -2.59. The van der Waals surface area contributed by atoms with E-state index in [0.717, 1.165) is 26.2 Å². The van der Waals surface area contributed by atoms with Gasteiger partial charge in [-0.05, 0) is 18.4 Å². The molecular weight excluding hydrogens is 224 g/mol. The van der Waals surface area contributed by atoms with Crippen molar-refractivity contribution in [1.29, 1.82) is 0 Å². The average molecular weight is 250 g/mol. The Morgan fingerprint density at radius 1 is 1.33 bits per heavy atom. The van der Waals surface area contributed by atoms with Crippen LogP contribution in [-0.4, -0.2) is 46.4 Å². The van der Waals surface area contributed by atoms with Crippen molar-refractivity contribution < 1.29 is 0 Å². The van der Waals surface area contributed by atoms with Crippen molar-refractivity contribution >= 4 is 0 Å². The number of aromatic nitrogens is 2. The van der Waals surface area contributed by atoms with Gasteiger partial charge in [0.15, 0.2) is 0 Å². The number of nitrogens with one attached hydrogen (secondary N) is 1. The lowest BCUT2D eigenvalue weighted by Gasteiger charge is -2.44. The monoisotopic (exact) mass is 250 g/mol. The van der Waals surface area contributed by atoms with Gasteiger partial charge in [-0.2, -0.15) is 5.10 Å². The first-order valence-electron chi connectivity index (χ1n) is 6.91. The third-order valence-electron chi connectivity index (χ3n) is 3.92. The first-order valence-corrected chi connectivity index (χ1v) is 6.91. The van der Waals surface area contributed by atoms with Crippen LogP contribution in [0.3, 0.4) is 0 Å². The molecule has 0 aromatic carbocycles. The largest absolute Gasteiger partial charge is 0.311 e. The summed E-state index contributed by atoms with van der Waals surface area (Å²) in [5, 5.41) is 7.94. The van der Waals surface area contributed by atoms with Crippen molar-refractivity contribution in [3.05, 3.63) is 18.5 Å². The molecule has 2 heterocycles. The van der Waals surface area contributed by atoms with Gasteiger partial charge in [-0.3, -0.25) is 9.58 Å². The summed E-state index contributed by atoms with van der Waals surface area (Å²) >= 11 is 0. The molecule has 1 fully saturated rings. The number of hydrogen-bond donors (Lipinski definition) is 1. The highest BCUT2D eigenvalue weighted by Crippen LogP contribution is 2.23. The molecule has 0 bridgehead atoms. The van der Waals surface area contributed by atoms with E-state index in [2.05, 4.69) is 43.0 Å². The zero-order valence-electron chi connectivity index (χ0n) is 12.1. The van der Waals surface area contributed by atoms with Crippen LogP contribution in [0.25, 0.3) is 0 Å².